The summed E-state index contributed by atoms with van der Waals surface area (Å²) >= 11 is 11.8. The van der Waals surface area contributed by atoms with Crippen LogP contribution in [0.25, 0.3) is 0 Å². The maximum Gasteiger partial charge on any atom is 0.211 e. The maximum atomic E-state index is 10.6. The van der Waals surface area contributed by atoms with Gasteiger partial charge in [-0.05, 0) is 12.1 Å². The van der Waals surface area contributed by atoms with E-state index in [1.807, 2.05) is 0 Å². The largest absolute Gasteiger partial charge is 0.463 e. The van der Waals surface area contributed by atoms with Crippen molar-refractivity contribution < 1.29 is 14.8 Å². The third kappa shape index (κ3) is 2.62. The van der Waals surface area contributed by atoms with Crippen molar-refractivity contribution in [2.75, 3.05) is 6.54 Å². The van der Waals surface area contributed by atoms with Crippen molar-refractivity contribution in [3.05, 3.63) is 37.9 Å². The first kappa shape index (κ1) is 12.4. The molecule has 1 aromatic carbocycles. The van der Waals surface area contributed by atoms with Crippen molar-refractivity contribution in [1.29, 1.82) is 0 Å². The highest BCUT2D eigenvalue weighted by Gasteiger charge is 2.32. The zero-order valence-electron chi connectivity index (χ0n) is 8.60. The van der Waals surface area contributed by atoms with E-state index in [1.165, 1.54) is 6.07 Å². The van der Waals surface area contributed by atoms with Crippen molar-refractivity contribution in [1.82, 2.24) is 0 Å². The molecule has 0 spiro atoms. The molecule has 1 heterocycles. The normalized spacial score (nSPS) is 22.8. The first-order chi connectivity index (χ1) is 7.97. The molecule has 17 heavy (non-hydrogen) atoms. The second kappa shape index (κ2) is 4.68. The first-order valence-electron chi connectivity index (χ1n) is 4.93. The Labute approximate surface area is 107 Å². The van der Waals surface area contributed by atoms with Crippen LogP contribution in [-0.4, -0.2) is 22.9 Å². The Balaban J connectivity index is 2.44. The van der Waals surface area contributed by atoms with Gasteiger partial charge >= 0.3 is 0 Å². The molecule has 1 unspecified atom stereocenters. The molecule has 7 heteroatoms. The average molecular weight is 278 g/mol. The number of benzene rings is 1. The average Bonchev–Trinajstić information content (AvgIpc) is 2.19. The molecular formula is C10H9Cl2NO4. The van der Waals surface area contributed by atoms with Crippen LogP contribution in [0.3, 0.4) is 0 Å². The minimum atomic E-state index is -1.08. The Morgan fingerprint density at radius 3 is 2.88 bits per heavy atom. The Kier molecular flexibility index (Phi) is 3.42. The fraction of sp³-hybridized carbons (Fsp3) is 0.400. The summed E-state index contributed by atoms with van der Waals surface area (Å²) in [6.07, 6.45) is -0.920. The van der Waals surface area contributed by atoms with Crippen LogP contribution in [0.4, 0.5) is 0 Å². The molecule has 0 aromatic heterocycles. The first-order valence-corrected chi connectivity index (χ1v) is 5.68. The van der Waals surface area contributed by atoms with Crippen LogP contribution in [-0.2, 0) is 0 Å². The number of hydrogen-bond acceptors (Lipinski definition) is 4. The van der Waals surface area contributed by atoms with E-state index in [1.54, 1.807) is 6.07 Å². The van der Waals surface area contributed by atoms with E-state index >= 15 is 0 Å². The summed E-state index contributed by atoms with van der Waals surface area (Å²) in [6, 6.07) is 3.06. The van der Waals surface area contributed by atoms with Gasteiger partial charge in [0.2, 0.25) is 6.54 Å². The van der Waals surface area contributed by atoms with Gasteiger partial charge in [0, 0.05) is 21.9 Å². The topological polar surface area (TPSA) is 72.6 Å². The van der Waals surface area contributed by atoms with E-state index < -0.39 is 17.1 Å². The van der Waals surface area contributed by atoms with E-state index in [9.17, 15) is 15.2 Å². The van der Waals surface area contributed by atoms with Gasteiger partial charge in [-0.1, -0.05) is 23.2 Å². The molecule has 0 saturated heterocycles. The number of halogens is 2. The standard InChI is InChI=1S/C10H9Cl2NO4/c11-6-2-7-5(4-13(15)16)1-9(14)17-10(7)8(12)3-6/h2-3,5,9,14H,1,4H2/t5-,9?/m1/s1. The van der Waals surface area contributed by atoms with E-state index in [4.69, 9.17) is 27.9 Å². The molecule has 5 nitrogen and oxygen atoms in total. The van der Waals surface area contributed by atoms with Gasteiger partial charge in [-0.3, -0.25) is 10.1 Å². The number of nitro groups is 1. The van der Waals surface area contributed by atoms with Gasteiger partial charge in [0.25, 0.3) is 0 Å². The van der Waals surface area contributed by atoms with Gasteiger partial charge in [-0.2, -0.15) is 0 Å². The molecule has 0 amide bonds. The third-order valence-electron chi connectivity index (χ3n) is 2.59. The van der Waals surface area contributed by atoms with Crippen LogP contribution in [0.15, 0.2) is 12.1 Å². The van der Waals surface area contributed by atoms with E-state index in [0.717, 1.165) is 0 Å². The number of fused-ring (bicyclic) bond motifs is 1. The van der Waals surface area contributed by atoms with Crippen LogP contribution >= 0.6 is 23.2 Å². The maximum absolute atomic E-state index is 10.6. The lowest BCUT2D eigenvalue weighted by Gasteiger charge is -2.28. The third-order valence-corrected chi connectivity index (χ3v) is 3.09. The number of ether oxygens (including phenoxy) is 1. The fourth-order valence-corrected chi connectivity index (χ4v) is 2.47. The summed E-state index contributed by atoms with van der Waals surface area (Å²) in [5.41, 5.74) is 0.574. The van der Waals surface area contributed by atoms with E-state index in [-0.39, 0.29) is 23.7 Å². The SMILES string of the molecule is O=[N+]([O-])C[C@H]1CC(O)Oc2c(Cl)cc(Cl)cc21. The monoisotopic (exact) mass is 277 g/mol. The lowest BCUT2D eigenvalue weighted by Crippen LogP contribution is -2.28. The molecule has 1 aliphatic rings. The lowest BCUT2D eigenvalue weighted by atomic mass is 9.92. The van der Waals surface area contributed by atoms with Gasteiger partial charge < -0.3 is 9.84 Å². The molecule has 0 radical (unpaired) electrons. The molecule has 0 fully saturated rings. The lowest BCUT2D eigenvalue weighted by molar-refractivity contribution is -0.484. The van der Waals surface area contributed by atoms with Crippen molar-refractivity contribution in [3.8, 4) is 5.75 Å². The molecule has 0 aliphatic carbocycles. The molecular weight excluding hydrogens is 269 g/mol. The highest BCUT2D eigenvalue weighted by atomic mass is 35.5. The number of aliphatic hydroxyl groups excluding tert-OH is 1. The van der Waals surface area contributed by atoms with Crippen molar-refractivity contribution >= 4 is 23.2 Å². The van der Waals surface area contributed by atoms with Gasteiger partial charge in [0.1, 0.15) is 5.75 Å². The number of rotatable bonds is 2. The van der Waals surface area contributed by atoms with Gasteiger partial charge in [0.15, 0.2) is 6.29 Å². The van der Waals surface area contributed by atoms with Gasteiger partial charge in [-0.25, -0.2) is 0 Å². The Hall–Kier alpha value is -1.04. The molecule has 1 N–H and O–H groups in total. The number of nitrogens with zero attached hydrogens (tertiary/aromatic N) is 1. The predicted octanol–water partition coefficient (Wildman–Crippen LogP) is 2.45. The summed E-state index contributed by atoms with van der Waals surface area (Å²) in [4.78, 5) is 10.1. The van der Waals surface area contributed by atoms with Gasteiger partial charge in [0.05, 0.1) is 10.9 Å². The molecule has 0 saturated carbocycles. The van der Waals surface area contributed by atoms with Crippen LogP contribution in [0.2, 0.25) is 10.0 Å². The number of aliphatic hydroxyl groups is 1. The van der Waals surface area contributed by atoms with Crippen LogP contribution in [0.5, 0.6) is 5.75 Å². The van der Waals surface area contributed by atoms with Crippen molar-refractivity contribution in [2.45, 2.75) is 18.6 Å². The van der Waals surface area contributed by atoms with Crippen LogP contribution < -0.4 is 4.74 Å². The zero-order valence-corrected chi connectivity index (χ0v) is 10.1. The molecule has 2 atom stereocenters. The molecule has 1 aliphatic heterocycles. The molecule has 1 aromatic rings. The zero-order chi connectivity index (χ0) is 12.6. The molecule has 2 rings (SSSR count). The Bertz CT molecular complexity index is 466. The molecule has 92 valence electrons. The minimum Gasteiger partial charge on any atom is -0.463 e. The fourth-order valence-electron chi connectivity index (χ4n) is 1.92. The second-order valence-corrected chi connectivity index (χ2v) is 4.67. The van der Waals surface area contributed by atoms with Crippen LogP contribution in [0.1, 0.15) is 17.9 Å². The summed E-state index contributed by atoms with van der Waals surface area (Å²) in [7, 11) is 0. The highest BCUT2D eigenvalue weighted by molar-refractivity contribution is 6.35. The Morgan fingerprint density at radius 1 is 1.53 bits per heavy atom. The van der Waals surface area contributed by atoms with E-state index in [0.29, 0.717) is 10.6 Å². The summed E-state index contributed by atoms with van der Waals surface area (Å²) in [5.74, 6) is -0.165. The smallest absolute Gasteiger partial charge is 0.211 e. The van der Waals surface area contributed by atoms with Gasteiger partial charge in [-0.15, -0.1) is 0 Å². The predicted molar refractivity (Wildman–Crippen MR) is 62.3 cm³/mol. The van der Waals surface area contributed by atoms with Crippen molar-refractivity contribution in [2.24, 2.45) is 0 Å². The summed E-state index contributed by atoms with van der Waals surface area (Å²) in [6.45, 7) is -0.288. The quantitative estimate of drug-likeness (QED) is 0.666. The molecule has 0 bridgehead atoms. The summed E-state index contributed by atoms with van der Waals surface area (Å²) in [5, 5.41) is 20.7. The van der Waals surface area contributed by atoms with Crippen LogP contribution in [0, 0.1) is 10.1 Å². The van der Waals surface area contributed by atoms with E-state index in [2.05, 4.69) is 0 Å². The minimum absolute atomic E-state index is 0.157. The highest BCUT2D eigenvalue weighted by Crippen LogP contribution is 2.42. The summed E-state index contributed by atoms with van der Waals surface area (Å²) < 4.78 is 5.17. The Morgan fingerprint density at radius 2 is 2.24 bits per heavy atom. The second-order valence-electron chi connectivity index (χ2n) is 3.83. The number of hydrogen-bond donors (Lipinski definition) is 1. The van der Waals surface area contributed by atoms with Crippen molar-refractivity contribution in [3.63, 3.8) is 0 Å².